The van der Waals surface area contributed by atoms with Crippen LogP contribution in [0.1, 0.15) is 24.0 Å². The molecule has 1 saturated carbocycles. The van der Waals surface area contributed by atoms with Gasteiger partial charge >= 0.3 is 22.5 Å². The largest absolute Gasteiger partial charge is 0.491 e. The molecule has 1 amide bonds. The lowest BCUT2D eigenvalue weighted by atomic mass is 10.2. The number of aromatic nitrogens is 1. The normalized spacial score (nSPS) is 13.9. The number of rotatable bonds is 12. The predicted octanol–water partition coefficient (Wildman–Crippen LogP) is 4.30. The van der Waals surface area contributed by atoms with Crippen LogP contribution >= 0.6 is 11.6 Å². The molecular formula is C21H23ClF3N3O7S. The number of methoxy groups -OCH3 is 1. The molecule has 0 saturated heterocycles. The van der Waals surface area contributed by atoms with Gasteiger partial charge in [0.25, 0.3) is 0 Å². The maximum atomic E-state index is 12.9. The van der Waals surface area contributed by atoms with Gasteiger partial charge in [-0.25, -0.2) is 9.78 Å². The van der Waals surface area contributed by atoms with Crippen molar-refractivity contribution in [3.63, 3.8) is 0 Å². The van der Waals surface area contributed by atoms with Crippen molar-refractivity contribution in [1.29, 1.82) is 0 Å². The second-order valence-corrected chi connectivity index (χ2v) is 9.89. The van der Waals surface area contributed by atoms with Crippen LogP contribution in [-0.4, -0.2) is 55.8 Å². The first-order valence-corrected chi connectivity index (χ1v) is 12.4. The molecule has 1 aromatic heterocycles. The number of nitrogens with zero attached hydrogens (tertiary/aromatic N) is 2. The van der Waals surface area contributed by atoms with Crippen molar-refractivity contribution in [3.05, 3.63) is 46.6 Å². The van der Waals surface area contributed by atoms with Crippen LogP contribution < -0.4 is 14.2 Å². The average molecular weight is 554 g/mol. The van der Waals surface area contributed by atoms with Gasteiger partial charge in [0.05, 0.1) is 18.7 Å². The Morgan fingerprint density at radius 3 is 2.58 bits per heavy atom. The Morgan fingerprint density at radius 1 is 1.28 bits per heavy atom. The van der Waals surface area contributed by atoms with Crippen molar-refractivity contribution in [3.8, 4) is 17.4 Å². The topological polar surface area (TPSA) is 127 Å². The molecule has 2 N–H and O–H groups in total. The van der Waals surface area contributed by atoms with Gasteiger partial charge in [0.15, 0.2) is 0 Å². The Hall–Kier alpha value is -2.81. The van der Waals surface area contributed by atoms with E-state index in [4.69, 9.17) is 25.8 Å². The number of alkyl halides is 3. The lowest BCUT2D eigenvalue weighted by Gasteiger charge is -2.21. The highest BCUT2D eigenvalue weighted by Crippen LogP contribution is 2.37. The molecule has 1 aliphatic rings. The number of carboxylic acid groups (broad SMARTS) is 1. The molecule has 10 nitrogen and oxygen atoms in total. The van der Waals surface area contributed by atoms with Crippen molar-refractivity contribution >= 4 is 27.9 Å². The molecule has 198 valence electrons. The molecule has 0 radical (unpaired) electrons. The minimum atomic E-state index is -4.68. The van der Waals surface area contributed by atoms with Gasteiger partial charge in [-0.3, -0.25) is 0 Å². The molecule has 1 aliphatic carbocycles. The number of pyridine rings is 1. The van der Waals surface area contributed by atoms with Crippen LogP contribution in [0.25, 0.3) is 0 Å². The highest BCUT2D eigenvalue weighted by molar-refractivity contribution is 7.87. The van der Waals surface area contributed by atoms with Crippen molar-refractivity contribution in [2.24, 2.45) is 5.92 Å². The SMILES string of the molecule is COCCOc1ccc(CN(C(=O)O)S(=O)(=O)NCC2CC2)c(Oc2ncc(C(F)(F)F)cc2Cl)c1. The zero-order valence-corrected chi connectivity index (χ0v) is 20.5. The maximum absolute atomic E-state index is 12.9. The van der Waals surface area contributed by atoms with E-state index in [0.717, 1.165) is 12.8 Å². The minimum absolute atomic E-state index is 0.0612. The predicted molar refractivity (Wildman–Crippen MR) is 121 cm³/mol. The van der Waals surface area contributed by atoms with Crippen LogP contribution in [0, 0.1) is 5.92 Å². The summed E-state index contributed by atoms with van der Waals surface area (Å²) in [5.74, 6) is -0.129. The van der Waals surface area contributed by atoms with Gasteiger partial charge in [0, 0.05) is 31.5 Å². The molecule has 1 aromatic carbocycles. The molecule has 36 heavy (non-hydrogen) atoms. The van der Waals surface area contributed by atoms with E-state index in [1.54, 1.807) is 0 Å². The molecule has 1 heterocycles. The van der Waals surface area contributed by atoms with Crippen LogP contribution in [0.5, 0.6) is 17.4 Å². The molecule has 0 spiro atoms. The van der Waals surface area contributed by atoms with Gasteiger partial charge in [-0.2, -0.15) is 30.6 Å². The summed E-state index contributed by atoms with van der Waals surface area (Å²) >= 11 is 5.94. The van der Waals surface area contributed by atoms with E-state index in [1.165, 1.54) is 25.3 Å². The summed E-state index contributed by atoms with van der Waals surface area (Å²) in [6.07, 6.45) is -4.21. The monoisotopic (exact) mass is 553 g/mol. The summed E-state index contributed by atoms with van der Waals surface area (Å²) in [6, 6.07) is 4.75. The van der Waals surface area contributed by atoms with Gasteiger partial charge in [-0.05, 0) is 37.0 Å². The quantitative estimate of drug-likeness (QED) is 0.373. The van der Waals surface area contributed by atoms with Crippen molar-refractivity contribution in [1.82, 2.24) is 14.0 Å². The second-order valence-electron chi connectivity index (χ2n) is 7.81. The summed E-state index contributed by atoms with van der Waals surface area (Å²) < 4.78 is 82.6. The van der Waals surface area contributed by atoms with Crippen molar-refractivity contribution in [2.75, 3.05) is 26.9 Å². The second kappa shape index (κ2) is 11.5. The van der Waals surface area contributed by atoms with E-state index < -0.39 is 45.5 Å². The molecule has 1 fully saturated rings. The molecule has 0 aliphatic heterocycles. The van der Waals surface area contributed by atoms with E-state index >= 15 is 0 Å². The average Bonchev–Trinajstić information content (AvgIpc) is 3.62. The van der Waals surface area contributed by atoms with E-state index in [2.05, 4.69) is 9.71 Å². The summed E-state index contributed by atoms with van der Waals surface area (Å²) in [5.41, 5.74) is -1.03. The Labute approximate surface area is 210 Å². The van der Waals surface area contributed by atoms with E-state index in [-0.39, 0.29) is 47.0 Å². The maximum Gasteiger partial charge on any atom is 0.422 e. The van der Waals surface area contributed by atoms with Crippen LogP contribution in [0.15, 0.2) is 30.5 Å². The number of carbonyl (C=O) groups is 1. The molecule has 2 aromatic rings. The Balaban J connectivity index is 1.92. The first kappa shape index (κ1) is 27.8. The molecule has 0 atom stereocenters. The lowest BCUT2D eigenvalue weighted by molar-refractivity contribution is -0.137. The van der Waals surface area contributed by atoms with Gasteiger partial charge in [-0.1, -0.05) is 11.6 Å². The zero-order chi connectivity index (χ0) is 26.5. The number of hydrogen-bond donors (Lipinski definition) is 2. The Kier molecular flexibility index (Phi) is 8.87. The minimum Gasteiger partial charge on any atom is -0.491 e. The highest BCUT2D eigenvalue weighted by Gasteiger charge is 2.33. The van der Waals surface area contributed by atoms with Crippen LogP contribution in [0.2, 0.25) is 5.02 Å². The Bertz CT molecular complexity index is 1190. The van der Waals surface area contributed by atoms with Gasteiger partial charge in [0.2, 0.25) is 5.88 Å². The highest BCUT2D eigenvalue weighted by atomic mass is 35.5. The van der Waals surface area contributed by atoms with Crippen LogP contribution in [0.3, 0.4) is 0 Å². The third kappa shape index (κ3) is 7.59. The number of benzene rings is 1. The molecule has 15 heteroatoms. The first-order valence-electron chi connectivity index (χ1n) is 10.6. The van der Waals surface area contributed by atoms with Gasteiger partial charge < -0.3 is 19.3 Å². The summed E-state index contributed by atoms with van der Waals surface area (Å²) in [5, 5.41) is 9.11. The zero-order valence-electron chi connectivity index (χ0n) is 18.9. The van der Waals surface area contributed by atoms with E-state index in [9.17, 15) is 31.5 Å². The van der Waals surface area contributed by atoms with E-state index in [1.807, 2.05) is 0 Å². The molecular weight excluding hydrogens is 531 g/mol. The van der Waals surface area contributed by atoms with Crippen molar-refractivity contribution < 1.29 is 45.7 Å². The van der Waals surface area contributed by atoms with Crippen LogP contribution in [-0.2, 0) is 27.7 Å². The molecule has 0 unspecified atom stereocenters. The number of nitrogens with one attached hydrogen (secondary N) is 1. The van der Waals surface area contributed by atoms with Gasteiger partial charge in [0.1, 0.15) is 23.1 Å². The third-order valence-corrected chi connectivity index (χ3v) is 6.67. The van der Waals surface area contributed by atoms with E-state index in [0.29, 0.717) is 12.3 Å². The fourth-order valence-corrected chi connectivity index (χ4v) is 4.21. The summed E-state index contributed by atoms with van der Waals surface area (Å²) in [6.45, 7) is -0.161. The number of amides is 1. The number of hydrogen-bond acceptors (Lipinski definition) is 7. The summed E-state index contributed by atoms with van der Waals surface area (Å²) in [4.78, 5) is 15.4. The standard InChI is InChI=1S/C21H23ClF3N3O7S/c1-33-6-7-34-16-5-4-14(12-28(20(29)30)36(31,32)27-10-13-2-3-13)18(9-16)35-19-17(22)8-15(11-26-19)21(23,24)25/h4-5,8-9,11,13,27H,2-3,6-7,10,12H2,1H3,(H,29,30). The number of ether oxygens (including phenoxy) is 3. The van der Waals surface area contributed by atoms with Crippen LogP contribution in [0.4, 0.5) is 18.0 Å². The molecule has 0 bridgehead atoms. The smallest absolute Gasteiger partial charge is 0.422 e. The third-order valence-electron chi connectivity index (χ3n) is 5.00. The Morgan fingerprint density at radius 2 is 2.00 bits per heavy atom. The van der Waals surface area contributed by atoms with Gasteiger partial charge in [-0.15, -0.1) is 0 Å². The lowest BCUT2D eigenvalue weighted by Crippen LogP contribution is -2.44. The van der Waals surface area contributed by atoms with Crippen molar-refractivity contribution in [2.45, 2.75) is 25.6 Å². The number of halogens is 4. The first-order chi connectivity index (χ1) is 16.9. The fraction of sp³-hybridized carbons (Fsp3) is 0.429. The molecule has 3 rings (SSSR count). The fourth-order valence-electron chi connectivity index (χ4n) is 2.89. The summed E-state index contributed by atoms with van der Waals surface area (Å²) in [7, 11) is -2.94.